The van der Waals surface area contributed by atoms with Crippen molar-refractivity contribution >= 4 is 5.91 Å². The molecule has 2 aromatic carbocycles. The van der Waals surface area contributed by atoms with Crippen LogP contribution in [0.25, 0.3) is 11.1 Å². The van der Waals surface area contributed by atoms with Gasteiger partial charge in [0.15, 0.2) is 0 Å². The molecule has 10 heteroatoms. The van der Waals surface area contributed by atoms with Crippen molar-refractivity contribution in [3.63, 3.8) is 0 Å². The molecule has 3 aliphatic heterocycles. The number of carbonyl (C=O) groups is 1. The van der Waals surface area contributed by atoms with E-state index in [0.29, 0.717) is 18.8 Å². The first-order chi connectivity index (χ1) is 24.5. The van der Waals surface area contributed by atoms with Crippen molar-refractivity contribution in [2.24, 2.45) is 18.7 Å². The fourth-order valence-corrected chi connectivity index (χ4v) is 8.63. The molecule has 3 aromatic rings. The molecule has 272 valence electrons. The Morgan fingerprint density at radius 1 is 1.06 bits per heavy atom. The van der Waals surface area contributed by atoms with Gasteiger partial charge in [0.2, 0.25) is 0 Å². The first-order valence-corrected chi connectivity index (χ1v) is 18.4. The van der Waals surface area contributed by atoms with Crippen LogP contribution in [0.4, 0.5) is 0 Å². The van der Waals surface area contributed by atoms with Gasteiger partial charge < -0.3 is 29.4 Å². The number of nitrogens with two attached hydrogens (primary N) is 1. The number of rotatable bonds is 9. The van der Waals surface area contributed by atoms with Crippen molar-refractivity contribution < 1.29 is 19.0 Å². The Bertz CT molecular complexity index is 1880. The number of pyridine rings is 1. The molecule has 1 spiro atoms. The molecule has 51 heavy (non-hydrogen) atoms. The van der Waals surface area contributed by atoms with E-state index in [4.69, 9.17) is 19.9 Å². The van der Waals surface area contributed by atoms with E-state index < -0.39 is 0 Å². The average molecular weight is 696 g/mol. The van der Waals surface area contributed by atoms with Gasteiger partial charge in [-0.1, -0.05) is 24.3 Å². The van der Waals surface area contributed by atoms with Gasteiger partial charge in [-0.15, -0.1) is 0 Å². The molecular formula is C41H53N5O5. The molecule has 4 heterocycles. The first-order valence-electron chi connectivity index (χ1n) is 18.4. The summed E-state index contributed by atoms with van der Waals surface area (Å²) in [6.45, 7) is 12.6. The third-order valence-corrected chi connectivity index (χ3v) is 12.0. The lowest BCUT2D eigenvalue weighted by atomic mass is 9.89. The number of piperazine rings is 1. The van der Waals surface area contributed by atoms with Crippen molar-refractivity contribution in [1.82, 2.24) is 19.3 Å². The zero-order valence-electron chi connectivity index (χ0n) is 31.1. The molecule has 4 aliphatic rings. The number of aryl methyl sites for hydroxylation is 1. The lowest BCUT2D eigenvalue weighted by Gasteiger charge is -2.43. The van der Waals surface area contributed by atoms with Gasteiger partial charge in [-0.2, -0.15) is 0 Å². The van der Waals surface area contributed by atoms with E-state index >= 15 is 0 Å². The second-order valence-corrected chi connectivity index (χ2v) is 15.1. The summed E-state index contributed by atoms with van der Waals surface area (Å²) in [5.41, 5.74) is 15.6. The Labute approximate surface area is 301 Å². The van der Waals surface area contributed by atoms with E-state index in [1.54, 1.807) is 25.8 Å². The molecule has 2 atom stereocenters. The molecule has 1 aliphatic carbocycles. The van der Waals surface area contributed by atoms with E-state index in [-0.39, 0.29) is 29.0 Å². The second-order valence-electron chi connectivity index (χ2n) is 15.1. The Kier molecular flexibility index (Phi) is 9.78. The third-order valence-electron chi connectivity index (χ3n) is 12.0. The van der Waals surface area contributed by atoms with E-state index in [1.807, 2.05) is 31.0 Å². The van der Waals surface area contributed by atoms with Crippen LogP contribution in [0.2, 0.25) is 0 Å². The maximum atomic E-state index is 13.4. The summed E-state index contributed by atoms with van der Waals surface area (Å²) in [6.07, 6.45) is 7.93. The zero-order valence-corrected chi connectivity index (χ0v) is 31.1. The number of hydrogen-bond acceptors (Lipinski definition) is 8. The van der Waals surface area contributed by atoms with Gasteiger partial charge in [0, 0.05) is 81.7 Å². The Hall–Kier alpha value is -4.12. The number of fused-ring (bicyclic) bond motifs is 1. The molecule has 0 radical (unpaired) electrons. The maximum absolute atomic E-state index is 13.4. The van der Waals surface area contributed by atoms with Gasteiger partial charge in [-0.05, 0) is 86.4 Å². The number of ether oxygens (including phenoxy) is 3. The van der Waals surface area contributed by atoms with Crippen LogP contribution in [0.1, 0.15) is 65.6 Å². The standard InChI is InChI=1S/C41H53N5O5/c1-26-27(2)39(47)43(4)22-34(26)31-19-37(49-5)35(38(20-31)50-6)23-44-15-16-45(41(25-44)12-13-41)21-30-8-7-9-32-28(3)46(14-10-33(30)32)40(48)36(42)18-29-11-17-51-24-29/h7-9,18-20,22,28-29H,10-17,21,23-25,42H2,1-6H3/b36-18-. The number of methoxy groups -OCH3 is 2. The summed E-state index contributed by atoms with van der Waals surface area (Å²) in [7, 11) is 5.23. The lowest BCUT2D eigenvalue weighted by Crippen LogP contribution is -2.54. The van der Waals surface area contributed by atoms with Gasteiger partial charge >= 0.3 is 0 Å². The van der Waals surface area contributed by atoms with Gasteiger partial charge in [0.05, 0.1) is 38.1 Å². The highest BCUT2D eigenvalue weighted by Crippen LogP contribution is 2.47. The Morgan fingerprint density at radius 3 is 2.47 bits per heavy atom. The number of benzene rings is 2. The smallest absolute Gasteiger partial charge is 0.269 e. The van der Waals surface area contributed by atoms with E-state index in [9.17, 15) is 9.59 Å². The van der Waals surface area contributed by atoms with Crippen LogP contribution in [0.3, 0.4) is 0 Å². The minimum Gasteiger partial charge on any atom is -0.496 e. The van der Waals surface area contributed by atoms with Crippen LogP contribution < -0.4 is 20.8 Å². The van der Waals surface area contributed by atoms with E-state index in [1.165, 1.54) is 29.5 Å². The van der Waals surface area contributed by atoms with Crippen LogP contribution in [-0.4, -0.2) is 84.3 Å². The van der Waals surface area contributed by atoms with Crippen LogP contribution in [0, 0.1) is 19.8 Å². The monoisotopic (exact) mass is 695 g/mol. The van der Waals surface area contributed by atoms with Gasteiger partial charge in [0.1, 0.15) is 11.5 Å². The summed E-state index contributed by atoms with van der Waals surface area (Å²) >= 11 is 0. The number of amides is 1. The maximum Gasteiger partial charge on any atom is 0.269 e. The highest BCUT2D eigenvalue weighted by Gasteiger charge is 2.51. The summed E-state index contributed by atoms with van der Waals surface area (Å²) in [4.78, 5) is 33.2. The second kappa shape index (κ2) is 14.1. The van der Waals surface area contributed by atoms with Crippen LogP contribution in [0.5, 0.6) is 11.5 Å². The zero-order chi connectivity index (χ0) is 36.0. The fraction of sp³-hybridized carbons (Fsp3) is 0.512. The van der Waals surface area contributed by atoms with Gasteiger partial charge in [-0.3, -0.25) is 19.4 Å². The number of hydrogen-bond donors (Lipinski definition) is 1. The predicted octanol–water partition coefficient (Wildman–Crippen LogP) is 4.86. The van der Waals surface area contributed by atoms with Crippen molar-refractivity contribution in [2.75, 3.05) is 53.6 Å². The normalized spacial score (nSPS) is 21.9. The molecule has 0 bridgehead atoms. The molecule has 2 unspecified atom stereocenters. The minimum absolute atomic E-state index is 0.0181. The number of aromatic nitrogens is 1. The summed E-state index contributed by atoms with van der Waals surface area (Å²) in [6, 6.07) is 10.8. The van der Waals surface area contributed by atoms with Gasteiger partial charge in [0.25, 0.3) is 11.5 Å². The molecule has 1 saturated carbocycles. The molecule has 1 amide bonds. The minimum atomic E-state index is -0.0707. The largest absolute Gasteiger partial charge is 0.496 e. The third kappa shape index (κ3) is 6.69. The van der Waals surface area contributed by atoms with Gasteiger partial charge in [-0.25, -0.2) is 0 Å². The number of nitrogens with zero attached hydrogens (tertiary/aromatic N) is 4. The predicted molar refractivity (Wildman–Crippen MR) is 199 cm³/mol. The quantitative estimate of drug-likeness (QED) is 0.317. The fourth-order valence-electron chi connectivity index (χ4n) is 8.63. The highest BCUT2D eigenvalue weighted by molar-refractivity contribution is 5.93. The molecule has 2 N–H and O–H groups in total. The Morgan fingerprint density at radius 2 is 1.80 bits per heavy atom. The van der Waals surface area contributed by atoms with Crippen LogP contribution in [-0.2, 0) is 36.1 Å². The van der Waals surface area contributed by atoms with Crippen LogP contribution in [0.15, 0.2) is 53.1 Å². The number of carbonyl (C=O) groups excluding carboxylic acids is 1. The van der Waals surface area contributed by atoms with Crippen molar-refractivity contribution in [1.29, 1.82) is 0 Å². The van der Waals surface area contributed by atoms with E-state index in [2.05, 4.69) is 47.1 Å². The molecule has 2 saturated heterocycles. The molecule has 10 nitrogen and oxygen atoms in total. The molecule has 7 rings (SSSR count). The summed E-state index contributed by atoms with van der Waals surface area (Å²) in [5.74, 6) is 1.74. The topological polar surface area (TPSA) is 102 Å². The first kappa shape index (κ1) is 35.3. The SMILES string of the molecule is COc1cc(-c2cn(C)c(=O)c(C)c2C)cc(OC)c1CN1CCN(Cc2cccc3c2CCN(C(=O)/C(N)=C/C2CCOC2)C3C)C2(CC2)C1. The van der Waals surface area contributed by atoms with Crippen LogP contribution >= 0.6 is 0 Å². The molecule has 3 fully saturated rings. The lowest BCUT2D eigenvalue weighted by molar-refractivity contribution is -0.129. The Balaban J connectivity index is 1.06. The van der Waals surface area contributed by atoms with E-state index in [0.717, 1.165) is 91.5 Å². The summed E-state index contributed by atoms with van der Waals surface area (Å²) < 4.78 is 19.1. The average Bonchev–Trinajstić information content (AvgIpc) is 3.70. The molecular weight excluding hydrogens is 642 g/mol. The highest BCUT2D eigenvalue weighted by atomic mass is 16.5. The van der Waals surface area contributed by atoms with Crippen molar-refractivity contribution in [2.45, 2.75) is 71.1 Å². The van der Waals surface area contributed by atoms with Crippen molar-refractivity contribution in [3.8, 4) is 22.6 Å². The van der Waals surface area contributed by atoms with Crippen molar-refractivity contribution in [3.05, 3.63) is 92.0 Å². The molecule has 1 aromatic heterocycles. The summed E-state index contributed by atoms with van der Waals surface area (Å²) in [5, 5.41) is 0.